The fourth-order valence-corrected chi connectivity index (χ4v) is 6.96. The predicted molar refractivity (Wildman–Crippen MR) is 188 cm³/mol. The minimum atomic E-state index is -0.123. The van der Waals surface area contributed by atoms with Crippen LogP contribution in [0.4, 0.5) is 0 Å². The van der Waals surface area contributed by atoms with Crippen LogP contribution in [-0.4, -0.2) is 9.97 Å². The summed E-state index contributed by atoms with van der Waals surface area (Å²) in [5.74, 6) is 3.65. The molecule has 0 radical (unpaired) electrons. The zero-order chi connectivity index (χ0) is 31.5. The van der Waals surface area contributed by atoms with Crippen molar-refractivity contribution < 1.29 is 9.47 Å². The minimum absolute atomic E-state index is 0.123. The molecule has 0 saturated carbocycles. The zero-order valence-electron chi connectivity index (χ0n) is 26.1. The Morgan fingerprint density at radius 2 is 1.04 bits per heavy atom. The second kappa shape index (κ2) is 10.5. The fraction of sp³-hybridized carbons (Fsp3) is 0.0698. The summed E-state index contributed by atoms with van der Waals surface area (Å²) < 4.78 is 13.4. The average Bonchev–Trinajstić information content (AvgIpc) is 3.37. The van der Waals surface area contributed by atoms with Gasteiger partial charge in [0.15, 0.2) is 28.8 Å². The third-order valence-corrected chi connectivity index (χ3v) is 9.39. The van der Waals surface area contributed by atoms with Crippen LogP contribution in [-0.2, 0) is 5.41 Å². The van der Waals surface area contributed by atoms with Crippen LogP contribution in [0, 0.1) is 0 Å². The predicted octanol–water partition coefficient (Wildman–Crippen LogP) is 11.3. The molecular formula is C43H30N2O2. The van der Waals surface area contributed by atoms with E-state index in [2.05, 4.69) is 92.7 Å². The number of benzene rings is 6. The van der Waals surface area contributed by atoms with Crippen molar-refractivity contribution >= 4 is 0 Å². The van der Waals surface area contributed by atoms with E-state index in [-0.39, 0.29) is 5.41 Å². The molecule has 2 aliphatic rings. The Kier molecular flexibility index (Phi) is 6.12. The molecule has 0 bridgehead atoms. The third-order valence-electron chi connectivity index (χ3n) is 9.39. The van der Waals surface area contributed by atoms with Crippen molar-refractivity contribution in [2.75, 3.05) is 0 Å². The van der Waals surface area contributed by atoms with E-state index in [4.69, 9.17) is 19.4 Å². The van der Waals surface area contributed by atoms with Crippen LogP contribution in [0.25, 0.3) is 56.2 Å². The molecule has 0 N–H and O–H groups in total. The van der Waals surface area contributed by atoms with Gasteiger partial charge < -0.3 is 9.47 Å². The van der Waals surface area contributed by atoms with Gasteiger partial charge in [-0.25, -0.2) is 9.97 Å². The maximum Gasteiger partial charge on any atom is 0.178 e. The molecule has 1 aromatic heterocycles. The lowest BCUT2D eigenvalue weighted by Gasteiger charge is -2.26. The first-order valence-electron chi connectivity index (χ1n) is 15.9. The van der Waals surface area contributed by atoms with E-state index in [9.17, 15) is 0 Å². The standard InChI is InChI=1S/C43H30N2O2/c1-43(2)33-18-10-9-16-32(33)39-34(43)24-25-38-41(39)47-40-31(17-11-19-37(40)46-38)27-20-22-29(23-21-27)36-26-35(28-12-5-3-6-13-28)44-42(45-36)30-14-7-4-8-15-30/h3-26H,1-2H3. The van der Waals surface area contributed by atoms with Crippen LogP contribution >= 0.6 is 0 Å². The lowest BCUT2D eigenvalue weighted by molar-refractivity contribution is 0.361. The van der Waals surface area contributed by atoms with E-state index in [1.165, 1.54) is 16.7 Å². The molecule has 6 aromatic carbocycles. The van der Waals surface area contributed by atoms with Gasteiger partial charge >= 0.3 is 0 Å². The average molecular weight is 607 g/mol. The Hall–Kier alpha value is -6.00. The van der Waals surface area contributed by atoms with Crippen molar-refractivity contribution in [3.63, 3.8) is 0 Å². The molecule has 4 nitrogen and oxygen atoms in total. The molecule has 0 amide bonds. The summed E-state index contributed by atoms with van der Waals surface area (Å²) in [4.78, 5) is 9.94. The summed E-state index contributed by atoms with van der Waals surface area (Å²) in [6, 6.07) is 49.9. The maximum atomic E-state index is 6.85. The molecule has 0 spiro atoms. The number of nitrogens with zero attached hydrogens (tertiary/aromatic N) is 2. The fourth-order valence-electron chi connectivity index (χ4n) is 6.96. The molecule has 0 saturated heterocycles. The Morgan fingerprint density at radius 1 is 0.447 bits per heavy atom. The topological polar surface area (TPSA) is 44.2 Å². The van der Waals surface area contributed by atoms with Gasteiger partial charge in [0.25, 0.3) is 0 Å². The number of fused-ring (bicyclic) bond motifs is 6. The number of rotatable bonds is 4. The van der Waals surface area contributed by atoms with Crippen LogP contribution in [0.2, 0.25) is 0 Å². The van der Waals surface area contributed by atoms with E-state index in [1.54, 1.807) is 0 Å². The smallest absolute Gasteiger partial charge is 0.178 e. The molecule has 4 heteroatoms. The highest BCUT2D eigenvalue weighted by molar-refractivity contribution is 5.89. The van der Waals surface area contributed by atoms with Gasteiger partial charge in [-0.1, -0.05) is 141 Å². The monoisotopic (exact) mass is 606 g/mol. The Balaban J connectivity index is 1.11. The van der Waals surface area contributed by atoms with Gasteiger partial charge in [-0.3, -0.25) is 0 Å². The summed E-state index contributed by atoms with van der Waals surface area (Å²) in [5, 5.41) is 0. The summed E-state index contributed by atoms with van der Waals surface area (Å²) >= 11 is 0. The molecule has 0 unspecified atom stereocenters. The molecule has 2 heterocycles. The molecule has 0 fully saturated rings. The van der Waals surface area contributed by atoms with Crippen molar-refractivity contribution in [2.45, 2.75) is 19.3 Å². The second-order valence-corrected chi connectivity index (χ2v) is 12.6. The summed E-state index contributed by atoms with van der Waals surface area (Å²) in [5.41, 5.74) is 11.5. The highest BCUT2D eigenvalue weighted by Gasteiger charge is 2.39. The Labute approximate surface area is 274 Å². The first-order valence-corrected chi connectivity index (χ1v) is 15.9. The largest absolute Gasteiger partial charge is 0.449 e. The maximum absolute atomic E-state index is 6.85. The lowest BCUT2D eigenvalue weighted by atomic mass is 9.82. The summed E-state index contributed by atoms with van der Waals surface area (Å²) in [7, 11) is 0. The molecule has 9 rings (SSSR count). The van der Waals surface area contributed by atoms with Gasteiger partial charge in [-0.2, -0.15) is 0 Å². The molecule has 47 heavy (non-hydrogen) atoms. The number of aromatic nitrogens is 2. The summed E-state index contributed by atoms with van der Waals surface area (Å²) in [6.07, 6.45) is 0. The lowest BCUT2D eigenvalue weighted by Crippen LogP contribution is -2.15. The number of hydrogen-bond acceptors (Lipinski definition) is 4. The van der Waals surface area contributed by atoms with E-state index < -0.39 is 0 Å². The van der Waals surface area contributed by atoms with Crippen LogP contribution in [0.1, 0.15) is 25.0 Å². The molecule has 224 valence electrons. The van der Waals surface area contributed by atoms with E-state index >= 15 is 0 Å². The van der Waals surface area contributed by atoms with Crippen molar-refractivity contribution in [3.8, 4) is 79.2 Å². The van der Waals surface area contributed by atoms with Crippen molar-refractivity contribution in [1.29, 1.82) is 0 Å². The first kappa shape index (κ1) is 27.3. The first-order chi connectivity index (χ1) is 23.0. The van der Waals surface area contributed by atoms with Crippen molar-refractivity contribution in [1.82, 2.24) is 9.97 Å². The number of para-hydroxylation sites is 1. The van der Waals surface area contributed by atoms with Gasteiger partial charge in [-0.15, -0.1) is 0 Å². The third kappa shape index (κ3) is 4.44. The quantitative estimate of drug-likeness (QED) is 0.200. The molecule has 0 atom stereocenters. The number of ether oxygens (including phenoxy) is 2. The Bertz CT molecular complexity index is 2250. The second-order valence-electron chi connectivity index (χ2n) is 12.6. The Morgan fingerprint density at radius 3 is 1.79 bits per heavy atom. The van der Waals surface area contributed by atoms with Crippen molar-refractivity contribution in [2.24, 2.45) is 0 Å². The van der Waals surface area contributed by atoms with Crippen LogP contribution in [0.15, 0.2) is 146 Å². The molecule has 1 aliphatic carbocycles. The van der Waals surface area contributed by atoms with Crippen LogP contribution < -0.4 is 9.47 Å². The highest BCUT2D eigenvalue weighted by Crippen LogP contribution is 2.59. The van der Waals surface area contributed by atoms with Crippen LogP contribution in [0.5, 0.6) is 23.0 Å². The van der Waals surface area contributed by atoms with E-state index in [0.29, 0.717) is 11.6 Å². The number of hydrogen-bond donors (Lipinski definition) is 0. The molecular weight excluding hydrogens is 576 g/mol. The van der Waals surface area contributed by atoms with Gasteiger partial charge in [-0.05, 0) is 40.5 Å². The molecule has 1 aliphatic heterocycles. The minimum Gasteiger partial charge on any atom is -0.449 e. The zero-order valence-corrected chi connectivity index (χ0v) is 26.1. The van der Waals surface area contributed by atoms with Crippen LogP contribution in [0.3, 0.4) is 0 Å². The highest BCUT2D eigenvalue weighted by atomic mass is 16.6. The summed E-state index contributed by atoms with van der Waals surface area (Å²) in [6.45, 7) is 4.55. The molecule has 7 aromatic rings. The van der Waals surface area contributed by atoms with Gasteiger partial charge in [0.05, 0.1) is 11.4 Å². The van der Waals surface area contributed by atoms with E-state index in [0.717, 1.165) is 62.0 Å². The normalized spacial score (nSPS) is 13.4. The van der Waals surface area contributed by atoms with E-state index in [1.807, 2.05) is 66.7 Å². The van der Waals surface area contributed by atoms with Gasteiger partial charge in [0.2, 0.25) is 0 Å². The SMILES string of the molecule is CC1(C)c2ccccc2-c2c1ccc1c2Oc2c(cccc2-c2ccc(-c3cc(-c4ccccc4)nc(-c4ccccc4)n3)cc2)O1. The van der Waals surface area contributed by atoms with Gasteiger partial charge in [0, 0.05) is 33.2 Å². The van der Waals surface area contributed by atoms with Crippen molar-refractivity contribution in [3.05, 3.63) is 157 Å². The van der Waals surface area contributed by atoms with Gasteiger partial charge in [0.1, 0.15) is 0 Å².